The molecule has 4 heterocycles. The quantitative estimate of drug-likeness (QED) is 0.249. The van der Waals surface area contributed by atoms with Gasteiger partial charge >= 0.3 is 5.97 Å². The summed E-state index contributed by atoms with van der Waals surface area (Å²) in [5, 5.41) is 28.6. The number of nitrogens with two attached hydrogens (primary N) is 1. The van der Waals surface area contributed by atoms with E-state index < -0.39 is 5.97 Å². The zero-order chi connectivity index (χ0) is 26.9. The van der Waals surface area contributed by atoms with Gasteiger partial charge in [0.05, 0.1) is 29.3 Å². The predicted molar refractivity (Wildman–Crippen MR) is 143 cm³/mol. The molecule has 6 rings (SSSR count). The van der Waals surface area contributed by atoms with Crippen LogP contribution in [0.3, 0.4) is 0 Å². The van der Waals surface area contributed by atoms with Crippen molar-refractivity contribution in [2.75, 3.05) is 5.73 Å². The molecule has 4 aromatic heterocycles. The predicted octanol–water partition coefficient (Wildman–Crippen LogP) is 3.78. The highest BCUT2D eigenvalue weighted by Gasteiger charge is 2.24. The minimum absolute atomic E-state index is 0.0792. The summed E-state index contributed by atoms with van der Waals surface area (Å²) in [7, 11) is 0. The lowest BCUT2D eigenvalue weighted by Gasteiger charge is -2.15. The molecule has 10 nitrogen and oxygen atoms in total. The number of hydrogen-bond acceptors (Lipinski definition) is 9. The van der Waals surface area contributed by atoms with Gasteiger partial charge in [-0.15, -0.1) is 0 Å². The summed E-state index contributed by atoms with van der Waals surface area (Å²) in [5.74, 6) is -1.40. The lowest BCUT2D eigenvalue weighted by atomic mass is 10.1. The fraction of sp³-hybridized carbons (Fsp3) is 0.214. The Hall–Kier alpha value is -4.38. The molecule has 1 aliphatic rings. The van der Waals surface area contributed by atoms with Crippen LogP contribution in [0, 0.1) is 0 Å². The topological polar surface area (TPSA) is 152 Å². The van der Waals surface area contributed by atoms with Gasteiger partial charge in [0, 0.05) is 17.4 Å². The molecule has 1 saturated carbocycles. The average Bonchev–Trinajstić information content (AvgIpc) is 3.67. The lowest BCUT2D eigenvalue weighted by molar-refractivity contribution is -0.323. The smallest absolute Gasteiger partial charge is 0.304 e. The highest BCUT2D eigenvalue weighted by molar-refractivity contribution is 5.84. The van der Waals surface area contributed by atoms with Crippen LogP contribution < -0.4 is 10.5 Å². The Labute approximate surface area is 219 Å². The highest BCUT2D eigenvalue weighted by atomic mass is 16.7. The Bertz CT molecular complexity index is 1560. The first-order chi connectivity index (χ1) is 18.4. The van der Waals surface area contributed by atoms with Gasteiger partial charge in [-0.25, -0.2) is 15.0 Å². The first-order valence-electron chi connectivity index (χ1n) is 12.4. The molecule has 0 amide bonds. The van der Waals surface area contributed by atoms with E-state index in [4.69, 9.17) is 20.4 Å². The average molecular weight is 513 g/mol. The molecule has 0 radical (unpaired) electrons. The summed E-state index contributed by atoms with van der Waals surface area (Å²) in [6, 6.07) is 17.1. The molecule has 0 spiro atoms. The number of anilines is 1. The molecule has 0 aliphatic heterocycles. The molecule has 194 valence electrons. The monoisotopic (exact) mass is 512 g/mol. The molecule has 5 aromatic rings. The standard InChI is InChI=1S/C26H22N6O4.C2H6/c27-23-19(2-1-13-28-23)24-31-22-12-11-21(20-10-9-18(14-29-20)36-17-7-8-17)30-25(22)32(24)16-5-3-15(4-6-16)26(33,34)35;1-2/h1-6,9-14,17,33-35H,7-8H2,(H2,27,28);1-2H3. The molecule has 0 bridgehead atoms. The molecule has 0 atom stereocenters. The molecular weight excluding hydrogens is 484 g/mol. The second-order valence-corrected chi connectivity index (χ2v) is 8.62. The number of ether oxygens (including phenoxy) is 1. The fourth-order valence-corrected chi connectivity index (χ4v) is 3.95. The number of benzene rings is 1. The number of aromatic nitrogens is 5. The fourth-order valence-electron chi connectivity index (χ4n) is 3.95. The largest absolute Gasteiger partial charge is 0.489 e. The SMILES string of the molecule is CC.Nc1ncccc1-c1nc2ccc(-c3ccc(OC4CC4)cn3)nc2n1-c1ccc(C(O)(O)O)cc1. The van der Waals surface area contributed by atoms with Gasteiger partial charge in [-0.3, -0.25) is 9.55 Å². The number of nitrogen functional groups attached to an aromatic ring is 1. The molecule has 0 saturated heterocycles. The van der Waals surface area contributed by atoms with E-state index in [9.17, 15) is 15.3 Å². The van der Waals surface area contributed by atoms with Crippen LogP contribution in [0.4, 0.5) is 5.82 Å². The second-order valence-electron chi connectivity index (χ2n) is 8.62. The normalized spacial score (nSPS) is 13.2. The van der Waals surface area contributed by atoms with Gasteiger partial charge in [0.25, 0.3) is 0 Å². The van der Waals surface area contributed by atoms with Crippen LogP contribution in [0.2, 0.25) is 0 Å². The number of aliphatic hydroxyl groups is 3. The number of hydrogen-bond donors (Lipinski definition) is 4. The van der Waals surface area contributed by atoms with Crippen molar-refractivity contribution in [1.82, 2.24) is 24.5 Å². The highest BCUT2D eigenvalue weighted by Crippen LogP contribution is 2.32. The molecule has 10 heteroatoms. The zero-order valence-corrected chi connectivity index (χ0v) is 21.0. The molecule has 0 unspecified atom stereocenters. The van der Waals surface area contributed by atoms with Crippen LogP contribution in [0.15, 0.2) is 73.1 Å². The Morgan fingerprint density at radius 1 is 0.895 bits per heavy atom. The first-order valence-corrected chi connectivity index (χ1v) is 12.4. The molecule has 5 N–H and O–H groups in total. The van der Waals surface area contributed by atoms with Crippen LogP contribution in [-0.2, 0) is 5.97 Å². The summed E-state index contributed by atoms with van der Waals surface area (Å²) < 4.78 is 7.59. The van der Waals surface area contributed by atoms with Crippen molar-refractivity contribution in [3.63, 3.8) is 0 Å². The van der Waals surface area contributed by atoms with Gasteiger partial charge < -0.3 is 25.8 Å². The van der Waals surface area contributed by atoms with Crippen molar-refractivity contribution in [2.45, 2.75) is 38.8 Å². The van der Waals surface area contributed by atoms with E-state index in [1.165, 1.54) is 12.1 Å². The van der Waals surface area contributed by atoms with E-state index in [-0.39, 0.29) is 5.56 Å². The summed E-state index contributed by atoms with van der Waals surface area (Å²) in [6.45, 7) is 4.00. The molecule has 1 aliphatic carbocycles. The number of pyridine rings is 3. The minimum atomic E-state index is -2.95. The summed E-state index contributed by atoms with van der Waals surface area (Å²) in [4.78, 5) is 18.3. The number of fused-ring (bicyclic) bond motifs is 1. The third-order valence-electron chi connectivity index (χ3n) is 5.92. The van der Waals surface area contributed by atoms with Gasteiger partial charge in [-0.1, -0.05) is 13.8 Å². The van der Waals surface area contributed by atoms with Gasteiger partial charge in [0.15, 0.2) is 11.5 Å². The van der Waals surface area contributed by atoms with E-state index in [1.54, 1.807) is 35.2 Å². The van der Waals surface area contributed by atoms with E-state index in [0.29, 0.717) is 51.5 Å². The van der Waals surface area contributed by atoms with Crippen LogP contribution in [0.25, 0.3) is 39.6 Å². The van der Waals surface area contributed by atoms with Gasteiger partial charge in [-0.05, 0) is 73.5 Å². The number of nitrogens with zero attached hydrogens (tertiary/aromatic N) is 5. The third kappa shape index (κ3) is 5.05. The van der Waals surface area contributed by atoms with Crippen molar-refractivity contribution in [3.05, 3.63) is 78.6 Å². The number of rotatable bonds is 6. The van der Waals surface area contributed by atoms with Crippen LogP contribution in [0.1, 0.15) is 32.3 Å². The van der Waals surface area contributed by atoms with Crippen LogP contribution in [-0.4, -0.2) is 45.9 Å². The van der Waals surface area contributed by atoms with E-state index >= 15 is 0 Å². The van der Waals surface area contributed by atoms with Crippen molar-refractivity contribution in [2.24, 2.45) is 0 Å². The Kier molecular flexibility index (Phi) is 6.77. The maximum Gasteiger partial charge on any atom is 0.304 e. The van der Waals surface area contributed by atoms with Crippen LogP contribution >= 0.6 is 0 Å². The first kappa shape index (κ1) is 25.3. The maximum absolute atomic E-state index is 9.52. The second kappa shape index (κ2) is 10.2. The van der Waals surface area contributed by atoms with Gasteiger partial charge in [-0.2, -0.15) is 0 Å². The van der Waals surface area contributed by atoms with Crippen molar-refractivity contribution >= 4 is 17.0 Å². The summed E-state index contributed by atoms with van der Waals surface area (Å²) in [5.41, 5.74) is 9.81. The van der Waals surface area contributed by atoms with E-state index in [0.717, 1.165) is 18.6 Å². The Morgan fingerprint density at radius 2 is 1.63 bits per heavy atom. The third-order valence-corrected chi connectivity index (χ3v) is 5.92. The van der Waals surface area contributed by atoms with Gasteiger partial charge in [0.1, 0.15) is 17.1 Å². The molecule has 38 heavy (non-hydrogen) atoms. The summed E-state index contributed by atoms with van der Waals surface area (Å²) in [6.07, 6.45) is 5.74. The van der Waals surface area contributed by atoms with Crippen molar-refractivity contribution in [3.8, 4) is 34.2 Å². The summed E-state index contributed by atoms with van der Waals surface area (Å²) >= 11 is 0. The Balaban J connectivity index is 0.00000144. The zero-order valence-electron chi connectivity index (χ0n) is 21.0. The lowest BCUT2D eigenvalue weighted by Crippen LogP contribution is -2.23. The minimum Gasteiger partial charge on any atom is -0.489 e. The van der Waals surface area contributed by atoms with Crippen LogP contribution in [0.5, 0.6) is 5.75 Å². The number of imidazole rings is 1. The molecular formula is C28H28N6O4. The maximum atomic E-state index is 9.52. The van der Waals surface area contributed by atoms with Crippen molar-refractivity contribution in [1.29, 1.82) is 0 Å². The molecule has 1 fully saturated rings. The van der Waals surface area contributed by atoms with Crippen molar-refractivity contribution < 1.29 is 20.1 Å². The Morgan fingerprint density at radius 3 is 2.26 bits per heavy atom. The molecule has 1 aromatic carbocycles. The van der Waals surface area contributed by atoms with E-state index in [1.807, 2.05) is 44.2 Å². The van der Waals surface area contributed by atoms with Gasteiger partial charge in [0.2, 0.25) is 0 Å². The van der Waals surface area contributed by atoms with E-state index in [2.05, 4.69) is 9.97 Å².